The van der Waals surface area contributed by atoms with E-state index in [1.807, 2.05) is 0 Å². The largest absolute Gasteiger partial charge is 0.394 e. The number of hydrogen-bond donors (Lipinski definition) is 12. The molecule has 0 aromatic heterocycles. The molecule has 3 aliphatic rings. The van der Waals surface area contributed by atoms with Crippen LogP contribution in [0, 0.1) is 0 Å². The van der Waals surface area contributed by atoms with Gasteiger partial charge in [-0.2, -0.15) is 0 Å². The Kier molecular flexibility index (Phi) is 49.3. The third-order valence-corrected chi connectivity index (χ3v) is 18.8. The molecule has 3 rings (SSSR count). The first kappa shape index (κ1) is 82.8. The van der Waals surface area contributed by atoms with Crippen molar-refractivity contribution in [3.05, 3.63) is 12.2 Å². The molecule has 0 radical (unpaired) electrons. The van der Waals surface area contributed by atoms with Gasteiger partial charge in [0, 0.05) is 6.42 Å². The number of hydrogen-bond acceptors (Lipinski definition) is 18. The SMILES string of the molecule is CCCCCCCCCC/C=C\CCCCCCCCCCCC(=O)NC(COC1OC(CO)C(OC2OC(CO)C(OC3OC(CO)C(O)C(O)C3O)C(O)C2O)C(O)C1O)C(O)CCCCCCCCCCCCCCCCCCCCCCCCCC. The van der Waals surface area contributed by atoms with Gasteiger partial charge in [0.1, 0.15) is 73.2 Å². The van der Waals surface area contributed by atoms with Crippen molar-refractivity contribution < 1.29 is 89.4 Å². The van der Waals surface area contributed by atoms with Gasteiger partial charge in [0.05, 0.1) is 38.6 Å². The second-order valence-corrected chi connectivity index (χ2v) is 26.8. The Morgan fingerprint density at radius 2 is 0.700 bits per heavy atom. The predicted molar refractivity (Wildman–Crippen MR) is 351 cm³/mol. The maximum atomic E-state index is 13.4. The van der Waals surface area contributed by atoms with Gasteiger partial charge in [0.2, 0.25) is 5.91 Å². The molecule has 0 aliphatic carbocycles. The molecule has 90 heavy (non-hydrogen) atoms. The first-order valence-electron chi connectivity index (χ1n) is 36.9. The summed E-state index contributed by atoms with van der Waals surface area (Å²) in [5, 5.41) is 121. The van der Waals surface area contributed by atoms with Crippen LogP contribution in [0.5, 0.6) is 0 Å². The van der Waals surface area contributed by atoms with Gasteiger partial charge in [-0.15, -0.1) is 0 Å². The Morgan fingerprint density at radius 1 is 0.389 bits per heavy atom. The topological polar surface area (TPSA) is 307 Å². The van der Waals surface area contributed by atoms with E-state index in [1.54, 1.807) is 0 Å². The number of ether oxygens (including phenoxy) is 6. The van der Waals surface area contributed by atoms with Crippen molar-refractivity contribution in [1.82, 2.24) is 5.32 Å². The monoisotopic (exact) mass is 1290 g/mol. The Morgan fingerprint density at radius 3 is 1.08 bits per heavy atom. The summed E-state index contributed by atoms with van der Waals surface area (Å²) in [5.74, 6) is -0.240. The summed E-state index contributed by atoms with van der Waals surface area (Å²) in [4.78, 5) is 13.4. The van der Waals surface area contributed by atoms with Crippen LogP contribution in [-0.4, -0.2) is 193 Å². The molecular weight excluding hydrogens is 1150 g/mol. The number of aliphatic hydroxyl groups excluding tert-OH is 11. The molecule has 0 aromatic carbocycles. The molecule has 0 aromatic rings. The highest BCUT2D eigenvalue weighted by Gasteiger charge is 2.53. The van der Waals surface area contributed by atoms with Crippen molar-refractivity contribution in [2.24, 2.45) is 0 Å². The molecule has 19 nitrogen and oxygen atoms in total. The third kappa shape index (κ3) is 35.0. The summed E-state index contributed by atoms with van der Waals surface area (Å²) in [6.45, 7) is 1.84. The van der Waals surface area contributed by atoms with Crippen LogP contribution < -0.4 is 5.32 Å². The highest BCUT2D eigenvalue weighted by Crippen LogP contribution is 2.33. The maximum absolute atomic E-state index is 13.4. The quantitative estimate of drug-likeness (QED) is 0.0199. The molecule has 0 spiro atoms. The maximum Gasteiger partial charge on any atom is 0.220 e. The fraction of sp³-hybridized carbons (Fsp3) is 0.958. The van der Waals surface area contributed by atoms with Crippen molar-refractivity contribution in [2.75, 3.05) is 26.4 Å². The molecule has 3 aliphatic heterocycles. The Hall–Kier alpha value is -1.47. The lowest BCUT2D eigenvalue weighted by molar-refractivity contribution is -0.379. The zero-order chi connectivity index (χ0) is 65.4. The van der Waals surface area contributed by atoms with E-state index in [0.717, 1.165) is 51.4 Å². The average Bonchev–Trinajstić information content (AvgIpc) is 0.853. The van der Waals surface area contributed by atoms with E-state index in [9.17, 15) is 61.0 Å². The molecule has 12 N–H and O–H groups in total. The van der Waals surface area contributed by atoms with E-state index >= 15 is 0 Å². The van der Waals surface area contributed by atoms with Crippen LogP contribution in [0.4, 0.5) is 0 Å². The van der Waals surface area contributed by atoms with Crippen LogP contribution in [0.2, 0.25) is 0 Å². The smallest absolute Gasteiger partial charge is 0.220 e. The highest BCUT2D eigenvalue weighted by molar-refractivity contribution is 5.76. The van der Waals surface area contributed by atoms with E-state index in [-0.39, 0.29) is 18.9 Å². The first-order chi connectivity index (χ1) is 43.8. The molecular formula is C71H135NO18. The number of amides is 1. The molecule has 1 amide bonds. The minimum atomic E-state index is -1.97. The molecule has 17 unspecified atom stereocenters. The summed E-state index contributed by atoms with van der Waals surface area (Å²) in [6, 6.07) is -0.886. The minimum Gasteiger partial charge on any atom is -0.394 e. The number of rotatable bonds is 58. The minimum absolute atomic E-state index is 0.240. The second-order valence-electron chi connectivity index (χ2n) is 26.8. The van der Waals surface area contributed by atoms with Gasteiger partial charge in [-0.1, -0.05) is 270 Å². The van der Waals surface area contributed by atoms with Gasteiger partial charge >= 0.3 is 0 Å². The Balaban J connectivity index is 1.41. The molecule has 3 fully saturated rings. The Labute approximate surface area is 544 Å². The summed E-state index contributed by atoms with van der Waals surface area (Å²) >= 11 is 0. The fourth-order valence-electron chi connectivity index (χ4n) is 12.8. The molecule has 19 heteroatoms. The Bertz CT molecular complexity index is 1680. The van der Waals surface area contributed by atoms with Crippen LogP contribution in [-0.2, 0) is 33.2 Å². The van der Waals surface area contributed by atoms with Crippen molar-refractivity contribution >= 4 is 5.91 Å². The third-order valence-electron chi connectivity index (χ3n) is 18.8. The van der Waals surface area contributed by atoms with Gasteiger partial charge in [-0.25, -0.2) is 0 Å². The number of carbonyl (C=O) groups is 1. The summed E-state index contributed by atoms with van der Waals surface area (Å²) in [6.07, 6.45) is 32.9. The van der Waals surface area contributed by atoms with Gasteiger partial charge in [-0.05, 0) is 38.5 Å². The van der Waals surface area contributed by atoms with E-state index in [2.05, 4.69) is 31.3 Å². The van der Waals surface area contributed by atoms with E-state index in [0.29, 0.717) is 12.8 Å². The predicted octanol–water partition coefficient (Wildman–Crippen LogP) is 10.4. The van der Waals surface area contributed by atoms with Crippen LogP contribution in [0.15, 0.2) is 12.2 Å². The zero-order valence-electron chi connectivity index (χ0n) is 56.4. The normalized spacial score (nSPS) is 28.0. The highest BCUT2D eigenvalue weighted by atomic mass is 16.8. The number of aliphatic hydroxyl groups is 11. The van der Waals surface area contributed by atoms with Crippen LogP contribution >= 0.6 is 0 Å². The molecule has 532 valence electrons. The lowest BCUT2D eigenvalue weighted by Crippen LogP contribution is -2.66. The van der Waals surface area contributed by atoms with Crippen LogP contribution in [0.3, 0.4) is 0 Å². The lowest BCUT2D eigenvalue weighted by Gasteiger charge is -2.48. The molecule has 17 atom stereocenters. The number of carbonyl (C=O) groups excluding carboxylic acids is 1. The van der Waals surface area contributed by atoms with E-state index in [1.165, 1.54) is 218 Å². The molecule has 3 heterocycles. The van der Waals surface area contributed by atoms with Crippen LogP contribution in [0.1, 0.15) is 303 Å². The summed E-state index contributed by atoms with van der Waals surface area (Å²) < 4.78 is 34.5. The average molecular weight is 1290 g/mol. The standard InChI is InChI=1S/C71H135NO18/c1-3-5-7-9-11-13-15-17-19-21-23-25-26-27-29-30-32-34-36-38-40-42-44-46-48-55(76)54(72-59(77)49-47-45-43-41-39-37-35-33-31-28-24-22-20-18-16-14-12-10-8-6-4-2)53-85-69-65(83)62(80)67(57(51-74)87-69)90-71-66(84)63(81)68(58(52-75)88-71)89-70-64(82)61(79)60(78)56(50-73)86-70/h22,24,54-58,60-71,73-76,78-84H,3-21,23,25-53H2,1-2H3,(H,72,77)/b24-22-. The zero-order valence-corrected chi connectivity index (χ0v) is 56.4. The van der Waals surface area contributed by atoms with Gasteiger partial charge in [-0.3, -0.25) is 4.79 Å². The van der Waals surface area contributed by atoms with Gasteiger partial charge in [0.15, 0.2) is 18.9 Å². The fourth-order valence-corrected chi connectivity index (χ4v) is 12.8. The van der Waals surface area contributed by atoms with Gasteiger partial charge < -0.3 is 89.9 Å². The van der Waals surface area contributed by atoms with Crippen LogP contribution in [0.25, 0.3) is 0 Å². The number of allylic oxidation sites excluding steroid dienone is 2. The summed E-state index contributed by atoms with van der Waals surface area (Å²) in [5.41, 5.74) is 0. The second kappa shape index (κ2) is 53.6. The first-order valence-corrected chi connectivity index (χ1v) is 36.9. The van der Waals surface area contributed by atoms with Crippen molar-refractivity contribution in [3.8, 4) is 0 Å². The number of unbranched alkanes of at least 4 members (excludes halogenated alkanes) is 40. The number of nitrogens with one attached hydrogen (secondary N) is 1. The molecule has 3 saturated heterocycles. The summed E-state index contributed by atoms with van der Waals surface area (Å²) in [7, 11) is 0. The van der Waals surface area contributed by atoms with Gasteiger partial charge in [0.25, 0.3) is 0 Å². The van der Waals surface area contributed by atoms with Crippen molar-refractivity contribution in [1.29, 1.82) is 0 Å². The molecule has 0 saturated carbocycles. The van der Waals surface area contributed by atoms with Crippen molar-refractivity contribution in [2.45, 2.75) is 407 Å². The van der Waals surface area contributed by atoms with Crippen molar-refractivity contribution in [3.63, 3.8) is 0 Å². The van der Waals surface area contributed by atoms with E-state index in [4.69, 9.17) is 28.4 Å². The lowest BCUT2D eigenvalue weighted by atomic mass is 9.96. The van der Waals surface area contributed by atoms with E-state index < -0.39 is 124 Å². The molecule has 0 bridgehead atoms.